The van der Waals surface area contributed by atoms with Gasteiger partial charge in [0.25, 0.3) is 0 Å². The number of aliphatic hydroxyl groups is 1. The summed E-state index contributed by atoms with van der Waals surface area (Å²) in [5.41, 5.74) is 7.31. The quantitative estimate of drug-likeness (QED) is 0.288. The summed E-state index contributed by atoms with van der Waals surface area (Å²) in [6.45, 7) is 0.00259. The van der Waals surface area contributed by atoms with E-state index in [0.717, 1.165) is 0 Å². The fraction of sp³-hybridized carbons (Fsp3) is 0.938. The first-order valence-corrected chi connectivity index (χ1v) is 9.66. The van der Waals surface area contributed by atoms with Crippen LogP contribution in [0.15, 0.2) is 0 Å². The molecule has 0 saturated carbocycles. The molecule has 0 aromatic heterocycles. The minimum Gasteiger partial charge on any atom is -0.377 e. The SMILES string of the molecule is NC1CC(C(F)(F)F)C2NC1C1NNC(O1)[C@@](O)(C(F)(F)F)CCCCCNC2=O. The van der Waals surface area contributed by atoms with E-state index in [1.807, 2.05) is 0 Å². The molecule has 3 aliphatic heterocycles. The van der Waals surface area contributed by atoms with E-state index in [1.165, 1.54) is 0 Å². The number of alkyl halides is 6. The number of hydrogen-bond acceptors (Lipinski definition) is 7. The Labute approximate surface area is 168 Å². The Kier molecular flexibility index (Phi) is 6.56. The Morgan fingerprint density at radius 3 is 2.43 bits per heavy atom. The number of piperidine rings is 1. The lowest BCUT2D eigenvalue weighted by Crippen LogP contribution is -2.69. The van der Waals surface area contributed by atoms with Gasteiger partial charge in [0.2, 0.25) is 11.5 Å². The van der Waals surface area contributed by atoms with Crippen LogP contribution in [0, 0.1) is 5.92 Å². The third kappa shape index (κ3) is 4.53. The van der Waals surface area contributed by atoms with E-state index in [4.69, 9.17) is 10.5 Å². The molecule has 0 aliphatic carbocycles. The Morgan fingerprint density at radius 1 is 1.10 bits per heavy atom. The second-order valence-electron chi connectivity index (χ2n) is 7.97. The van der Waals surface area contributed by atoms with Crippen molar-refractivity contribution in [1.82, 2.24) is 21.5 Å². The summed E-state index contributed by atoms with van der Waals surface area (Å²) in [6, 6.07) is -3.97. The molecule has 0 spiro atoms. The number of carbonyl (C=O) groups is 1. The van der Waals surface area contributed by atoms with Crippen molar-refractivity contribution in [2.75, 3.05) is 6.54 Å². The van der Waals surface area contributed by atoms with Gasteiger partial charge < -0.3 is 20.9 Å². The van der Waals surface area contributed by atoms with Gasteiger partial charge in [-0.05, 0) is 25.7 Å². The molecule has 30 heavy (non-hydrogen) atoms. The standard InChI is InChI=1S/C16H25F6N5O3/c17-15(18,19)7-6-8(23)10-12-26-27-13(30-12)14(29,16(20,21)22)4-2-1-3-5-24-11(28)9(7)25-10/h7-10,12-13,25-27,29H,1-6,23H2,(H,24,28)/t7?,8?,9?,10?,12?,13?,14-/m1/s1. The monoisotopic (exact) mass is 449 g/mol. The highest BCUT2D eigenvalue weighted by Gasteiger charge is 2.62. The van der Waals surface area contributed by atoms with Gasteiger partial charge in [0.05, 0.1) is 18.0 Å². The van der Waals surface area contributed by atoms with Crippen LogP contribution in [0.4, 0.5) is 26.3 Å². The molecule has 7 atom stereocenters. The number of hydrazine groups is 1. The van der Waals surface area contributed by atoms with Gasteiger partial charge in [0.15, 0.2) is 6.23 Å². The number of rotatable bonds is 0. The highest BCUT2D eigenvalue weighted by Crippen LogP contribution is 2.40. The third-order valence-electron chi connectivity index (χ3n) is 5.89. The lowest BCUT2D eigenvalue weighted by atomic mass is 9.82. The van der Waals surface area contributed by atoms with Crippen molar-refractivity contribution in [3.8, 4) is 0 Å². The summed E-state index contributed by atoms with van der Waals surface area (Å²) in [5.74, 6) is -2.92. The van der Waals surface area contributed by atoms with Crippen LogP contribution in [-0.4, -0.2) is 66.1 Å². The molecule has 3 aliphatic rings. The van der Waals surface area contributed by atoms with Crippen molar-refractivity contribution in [1.29, 1.82) is 0 Å². The Bertz CT molecular complexity index is 635. The Hall–Kier alpha value is -1.19. The van der Waals surface area contributed by atoms with Crippen LogP contribution in [0.3, 0.4) is 0 Å². The van der Waals surface area contributed by atoms with E-state index >= 15 is 0 Å². The molecule has 8 nitrogen and oxygen atoms in total. The van der Waals surface area contributed by atoms with Crippen molar-refractivity contribution in [3.63, 3.8) is 0 Å². The maximum Gasteiger partial charge on any atom is 0.421 e. The van der Waals surface area contributed by atoms with E-state index < -0.39 is 73.2 Å². The maximum atomic E-state index is 13.6. The lowest BCUT2D eigenvalue weighted by Gasteiger charge is -2.43. The number of hydrogen-bond donors (Lipinski definition) is 6. The van der Waals surface area contributed by atoms with Gasteiger partial charge in [-0.15, -0.1) is 0 Å². The molecule has 7 N–H and O–H groups in total. The predicted octanol–water partition coefficient (Wildman–Crippen LogP) is -0.0171. The molecular weight excluding hydrogens is 424 g/mol. The van der Waals surface area contributed by atoms with Crippen molar-refractivity contribution >= 4 is 5.91 Å². The topological polar surface area (TPSA) is 121 Å². The first-order valence-electron chi connectivity index (χ1n) is 9.66. The second kappa shape index (κ2) is 8.39. The molecule has 14 heteroatoms. The largest absolute Gasteiger partial charge is 0.421 e. The number of nitrogens with one attached hydrogen (secondary N) is 4. The van der Waals surface area contributed by atoms with Gasteiger partial charge in [0, 0.05) is 12.6 Å². The number of nitrogens with two attached hydrogens (primary N) is 1. The summed E-state index contributed by atoms with van der Waals surface area (Å²) in [7, 11) is 0. The van der Waals surface area contributed by atoms with Crippen LogP contribution < -0.4 is 27.2 Å². The molecule has 3 heterocycles. The van der Waals surface area contributed by atoms with Crippen LogP contribution >= 0.6 is 0 Å². The molecular formula is C16H25F6N5O3. The zero-order valence-electron chi connectivity index (χ0n) is 15.8. The highest BCUT2D eigenvalue weighted by molar-refractivity contribution is 5.82. The zero-order valence-corrected chi connectivity index (χ0v) is 15.8. The Balaban J connectivity index is 1.88. The summed E-state index contributed by atoms with van der Waals surface area (Å²) in [5, 5.41) is 15.3. The summed E-state index contributed by atoms with van der Waals surface area (Å²) in [6.07, 6.45) is -13.8. The zero-order chi connectivity index (χ0) is 22.3. The van der Waals surface area contributed by atoms with Crippen LogP contribution in [0.5, 0.6) is 0 Å². The molecule has 1 amide bonds. The minimum atomic E-state index is -5.02. The molecule has 6 unspecified atom stereocenters. The van der Waals surface area contributed by atoms with Gasteiger partial charge in [0.1, 0.15) is 6.23 Å². The fourth-order valence-electron chi connectivity index (χ4n) is 4.13. The average molecular weight is 449 g/mol. The molecule has 174 valence electrons. The predicted molar refractivity (Wildman–Crippen MR) is 90.3 cm³/mol. The lowest BCUT2D eigenvalue weighted by molar-refractivity contribution is -0.300. The molecule has 3 fully saturated rings. The van der Waals surface area contributed by atoms with Gasteiger partial charge in [-0.2, -0.15) is 26.3 Å². The van der Waals surface area contributed by atoms with Gasteiger partial charge in [-0.3, -0.25) is 10.1 Å². The normalized spacial score (nSPS) is 41.8. The first-order chi connectivity index (χ1) is 13.8. The van der Waals surface area contributed by atoms with Gasteiger partial charge >= 0.3 is 12.4 Å². The number of carbonyl (C=O) groups excluding carboxylic acids is 1. The summed E-state index contributed by atoms with van der Waals surface area (Å²) in [4.78, 5) is 12.4. The number of amides is 1. The van der Waals surface area contributed by atoms with Crippen LogP contribution in [0.1, 0.15) is 32.1 Å². The number of ether oxygens (including phenoxy) is 1. The minimum absolute atomic E-state index is 0.00259. The average Bonchev–Trinajstić information content (AvgIpc) is 3.11. The third-order valence-corrected chi connectivity index (χ3v) is 5.89. The van der Waals surface area contributed by atoms with Crippen molar-refractivity contribution in [2.45, 2.75) is 80.6 Å². The Morgan fingerprint density at radius 2 is 1.80 bits per heavy atom. The molecule has 0 aromatic rings. The highest BCUT2D eigenvalue weighted by atomic mass is 19.4. The van der Waals surface area contributed by atoms with Crippen LogP contribution in [0.2, 0.25) is 0 Å². The van der Waals surface area contributed by atoms with Gasteiger partial charge in [-0.25, -0.2) is 10.9 Å². The van der Waals surface area contributed by atoms with E-state index in [1.54, 1.807) is 0 Å². The van der Waals surface area contributed by atoms with E-state index in [9.17, 15) is 36.2 Å². The molecule has 0 aromatic carbocycles. The molecule has 3 rings (SSSR count). The smallest absolute Gasteiger partial charge is 0.377 e. The van der Waals surface area contributed by atoms with Crippen molar-refractivity contribution in [3.05, 3.63) is 0 Å². The summed E-state index contributed by atoms with van der Waals surface area (Å²) >= 11 is 0. The summed E-state index contributed by atoms with van der Waals surface area (Å²) < 4.78 is 86.6. The van der Waals surface area contributed by atoms with Crippen molar-refractivity contribution < 1.29 is 41.0 Å². The maximum absolute atomic E-state index is 13.6. The van der Waals surface area contributed by atoms with Crippen LogP contribution in [-0.2, 0) is 9.53 Å². The number of fused-ring (bicyclic) bond motifs is 5. The van der Waals surface area contributed by atoms with Gasteiger partial charge in [-0.1, -0.05) is 6.42 Å². The van der Waals surface area contributed by atoms with Crippen molar-refractivity contribution in [2.24, 2.45) is 11.7 Å². The molecule has 3 saturated heterocycles. The molecule has 0 radical (unpaired) electrons. The number of halogens is 6. The van der Waals surface area contributed by atoms with E-state index in [-0.39, 0.29) is 25.8 Å². The fourth-order valence-corrected chi connectivity index (χ4v) is 4.13. The van der Waals surface area contributed by atoms with E-state index in [0.29, 0.717) is 0 Å². The van der Waals surface area contributed by atoms with Crippen LogP contribution in [0.25, 0.3) is 0 Å². The van der Waals surface area contributed by atoms with E-state index in [2.05, 4.69) is 21.5 Å². The molecule has 4 bridgehead atoms. The second-order valence-corrected chi connectivity index (χ2v) is 7.97. The first kappa shape index (κ1) is 23.5.